The molecule has 1 saturated heterocycles. The van der Waals surface area contributed by atoms with Crippen molar-refractivity contribution in [1.82, 2.24) is 10.3 Å². The highest BCUT2D eigenvalue weighted by Crippen LogP contribution is 2.30. The monoisotopic (exact) mass is 298 g/mol. The summed E-state index contributed by atoms with van der Waals surface area (Å²) in [6.07, 6.45) is 1.05. The van der Waals surface area contributed by atoms with Gasteiger partial charge in [0.15, 0.2) is 5.58 Å². The molecule has 0 bridgehead atoms. The molecule has 20 heavy (non-hydrogen) atoms. The quantitative estimate of drug-likeness (QED) is 0.942. The minimum Gasteiger partial charge on any atom is -0.440 e. The molecule has 2 heterocycles. The molecule has 1 fully saturated rings. The fourth-order valence-electron chi connectivity index (χ4n) is 2.43. The number of benzene rings is 1. The Balaban J connectivity index is 1.89. The van der Waals surface area contributed by atoms with Gasteiger partial charge in [0, 0.05) is 12.1 Å². The van der Waals surface area contributed by atoms with Crippen molar-refractivity contribution in [1.29, 1.82) is 0 Å². The smallest absolute Gasteiger partial charge is 0.202 e. The molecule has 6 heteroatoms. The maximum absolute atomic E-state index is 13.4. The van der Waals surface area contributed by atoms with Gasteiger partial charge in [0.1, 0.15) is 11.3 Å². The highest BCUT2D eigenvalue weighted by atomic mass is 35.5. The molecule has 3 rings (SSSR count). The molecular weight excluding hydrogens is 283 g/mol. The number of hydrogen-bond donors (Lipinski definition) is 1. The number of nitrogens with zero attached hydrogens (tertiary/aromatic N) is 1. The third kappa shape index (κ3) is 2.53. The topological polar surface area (TPSA) is 47.3 Å². The molecule has 108 valence electrons. The summed E-state index contributed by atoms with van der Waals surface area (Å²) < 4.78 is 24.6. The number of ether oxygens (including phenoxy) is 1. The molecule has 1 aromatic heterocycles. The molecular formula is C14H16ClFN2O2. The van der Waals surface area contributed by atoms with Gasteiger partial charge in [-0.1, -0.05) is 18.5 Å². The van der Waals surface area contributed by atoms with Crippen LogP contribution in [0.5, 0.6) is 0 Å². The van der Waals surface area contributed by atoms with Crippen LogP contribution in [-0.2, 0) is 4.74 Å². The second-order valence-corrected chi connectivity index (χ2v) is 5.40. The van der Waals surface area contributed by atoms with Crippen LogP contribution in [0.3, 0.4) is 0 Å². The minimum absolute atomic E-state index is 0.0517. The summed E-state index contributed by atoms with van der Waals surface area (Å²) in [7, 11) is 0. The van der Waals surface area contributed by atoms with E-state index in [1.807, 2.05) is 0 Å². The van der Waals surface area contributed by atoms with Gasteiger partial charge < -0.3 is 14.5 Å². The van der Waals surface area contributed by atoms with Gasteiger partial charge in [0.05, 0.1) is 24.2 Å². The summed E-state index contributed by atoms with van der Waals surface area (Å²) in [5.74, 6) is 0.133. The third-order valence-electron chi connectivity index (χ3n) is 3.50. The number of aromatic nitrogens is 1. The lowest BCUT2D eigenvalue weighted by atomic mass is 10.0. The van der Waals surface area contributed by atoms with Gasteiger partial charge in [-0.05, 0) is 19.0 Å². The Kier molecular flexibility index (Phi) is 3.92. The first-order valence-corrected chi connectivity index (χ1v) is 7.13. The Labute approximate surface area is 121 Å². The van der Waals surface area contributed by atoms with Crippen molar-refractivity contribution in [2.45, 2.75) is 25.3 Å². The maximum Gasteiger partial charge on any atom is 0.202 e. The minimum atomic E-state index is -0.495. The van der Waals surface area contributed by atoms with E-state index in [0.29, 0.717) is 30.2 Å². The van der Waals surface area contributed by atoms with Crippen LogP contribution >= 0.6 is 11.6 Å². The van der Waals surface area contributed by atoms with E-state index in [1.54, 1.807) is 0 Å². The van der Waals surface area contributed by atoms with E-state index >= 15 is 0 Å². The first-order valence-electron chi connectivity index (χ1n) is 6.75. The molecule has 1 N–H and O–H groups in total. The number of hydrogen-bond acceptors (Lipinski definition) is 4. The Bertz CT molecular complexity index is 577. The summed E-state index contributed by atoms with van der Waals surface area (Å²) in [6, 6.07) is 2.95. The SMILES string of the molecule is CCCNC1COCC1c1nc2cc(Cl)c(F)cc2o1. The van der Waals surface area contributed by atoms with Crippen LogP contribution in [0, 0.1) is 5.82 Å². The molecule has 1 aliphatic heterocycles. The van der Waals surface area contributed by atoms with E-state index < -0.39 is 5.82 Å². The second kappa shape index (κ2) is 5.68. The lowest BCUT2D eigenvalue weighted by molar-refractivity contribution is 0.186. The molecule has 0 radical (unpaired) electrons. The number of nitrogens with one attached hydrogen (secondary N) is 1. The molecule has 0 amide bonds. The zero-order valence-electron chi connectivity index (χ0n) is 11.2. The van der Waals surface area contributed by atoms with Crippen LogP contribution in [0.1, 0.15) is 25.2 Å². The summed E-state index contributed by atoms with van der Waals surface area (Å²) in [4.78, 5) is 4.42. The van der Waals surface area contributed by atoms with E-state index in [4.69, 9.17) is 20.8 Å². The highest BCUT2D eigenvalue weighted by molar-refractivity contribution is 6.31. The fourth-order valence-corrected chi connectivity index (χ4v) is 2.59. The molecule has 2 unspecified atom stereocenters. The van der Waals surface area contributed by atoms with Gasteiger partial charge >= 0.3 is 0 Å². The number of rotatable bonds is 4. The Morgan fingerprint density at radius 1 is 1.45 bits per heavy atom. The van der Waals surface area contributed by atoms with Gasteiger partial charge in [-0.25, -0.2) is 9.37 Å². The van der Waals surface area contributed by atoms with E-state index in [-0.39, 0.29) is 17.0 Å². The number of fused-ring (bicyclic) bond motifs is 1. The Morgan fingerprint density at radius 2 is 2.30 bits per heavy atom. The van der Waals surface area contributed by atoms with Crippen molar-refractivity contribution in [3.63, 3.8) is 0 Å². The van der Waals surface area contributed by atoms with Crippen LogP contribution < -0.4 is 5.32 Å². The molecule has 1 aliphatic rings. The van der Waals surface area contributed by atoms with Gasteiger partial charge in [0.2, 0.25) is 5.89 Å². The van der Waals surface area contributed by atoms with Gasteiger partial charge in [-0.2, -0.15) is 0 Å². The molecule has 0 spiro atoms. The fraction of sp³-hybridized carbons (Fsp3) is 0.500. The van der Waals surface area contributed by atoms with Gasteiger partial charge in [-0.15, -0.1) is 0 Å². The van der Waals surface area contributed by atoms with Crippen molar-refractivity contribution in [3.8, 4) is 0 Å². The Hall–Kier alpha value is -1.17. The van der Waals surface area contributed by atoms with Crippen LogP contribution in [0.15, 0.2) is 16.5 Å². The number of oxazole rings is 1. The van der Waals surface area contributed by atoms with Crippen LogP contribution in [0.4, 0.5) is 4.39 Å². The van der Waals surface area contributed by atoms with Crippen molar-refractivity contribution < 1.29 is 13.5 Å². The second-order valence-electron chi connectivity index (χ2n) is 4.99. The summed E-state index contributed by atoms with van der Waals surface area (Å²) in [5, 5.41) is 3.48. The lowest BCUT2D eigenvalue weighted by Crippen LogP contribution is -2.34. The zero-order valence-corrected chi connectivity index (χ0v) is 11.9. The predicted octanol–water partition coefficient (Wildman–Crippen LogP) is 3.10. The molecule has 4 nitrogen and oxygen atoms in total. The average Bonchev–Trinajstić information content (AvgIpc) is 3.03. The number of halogens is 2. The normalized spacial score (nSPS) is 22.8. The first kappa shape index (κ1) is 13.8. The summed E-state index contributed by atoms with van der Waals surface area (Å²) >= 11 is 5.76. The molecule has 0 aliphatic carbocycles. The first-order chi connectivity index (χ1) is 9.69. The Morgan fingerprint density at radius 3 is 3.10 bits per heavy atom. The lowest BCUT2D eigenvalue weighted by Gasteiger charge is -2.15. The maximum atomic E-state index is 13.4. The zero-order chi connectivity index (χ0) is 14.1. The van der Waals surface area contributed by atoms with Crippen molar-refractivity contribution in [3.05, 3.63) is 28.9 Å². The molecule has 2 atom stereocenters. The summed E-state index contributed by atoms with van der Waals surface area (Å²) in [6.45, 7) is 4.23. The highest BCUT2D eigenvalue weighted by Gasteiger charge is 2.33. The molecule has 0 saturated carbocycles. The van der Waals surface area contributed by atoms with Crippen molar-refractivity contribution in [2.24, 2.45) is 0 Å². The largest absolute Gasteiger partial charge is 0.440 e. The van der Waals surface area contributed by atoms with E-state index in [1.165, 1.54) is 12.1 Å². The van der Waals surface area contributed by atoms with Crippen molar-refractivity contribution in [2.75, 3.05) is 19.8 Å². The molecule has 1 aromatic carbocycles. The van der Waals surface area contributed by atoms with Crippen LogP contribution in [0.25, 0.3) is 11.1 Å². The van der Waals surface area contributed by atoms with Crippen molar-refractivity contribution >= 4 is 22.7 Å². The van der Waals surface area contributed by atoms with Gasteiger partial charge in [-0.3, -0.25) is 0 Å². The van der Waals surface area contributed by atoms with Crippen LogP contribution in [-0.4, -0.2) is 30.8 Å². The van der Waals surface area contributed by atoms with Gasteiger partial charge in [0.25, 0.3) is 0 Å². The third-order valence-corrected chi connectivity index (χ3v) is 3.79. The van der Waals surface area contributed by atoms with E-state index in [9.17, 15) is 4.39 Å². The van der Waals surface area contributed by atoms with E-state index in [0.717, 1.165) is 13.0 Å². The summed E-state index contributed by atoms with van der Waals surface area (Å²) in [5.41, 5.74) is 0.996. The van der Waals surface area contributed by atoms with E-state index in [2.05, 4.69) is 17.2 Å². The van der Waals surface area contributed by atoms with Crippen LogP contribution in [0.2, 0.25) is 5.02 Å². The average molecular weight is 299 g/mol. The molecule has 2 aromatic rings. The predicted molar refractivity (Wildman–Crippen MR) is 74.6 cm³/mol. The standard InChI is InChI=1S/C14H16ClFN2O2/c1-2-3-17-12-7-19-6-8(12)14-18-11-4-9(15)10(16)5-13(11)20-14/h4-5,8,12,17H,2-3,6-7H2,1H3.